The molecule has 0 aliphatic heterocycles. The molecule has 0 amide bonds. The van der Waals surface area contributed by atoms with E-state index < -0.39 is 0 Å². The molecule has 0 aromatic heterocycles. The molecule has 1 N–H and O–H groups in total. The summed E-state index contributed by atoms with van der Waals surface area (Å²) in [5, 5.41) is 6.33. The summed E-state index contributed by atoms with van der Waals surface area (Å²) in [6, 6.07) is 13.4. The fraction of sp³-hybridized carbons (Fsp3) is 0.474. The zero-order valence-electron chi connectivity index (χ0n) is 13.1. The van der Waals surface area contributed by atoms with Crippen LogP contribution in [0.1, 0.15) is 38.2 Å². The molecule has 1 aliphatic rings. The Bertz CT molecular complexity index is 600. The van der Waals surface area contributed by atoms with E-state index in [9.17, 15) is 0 Å². The average molecular weight is 283 g/mol. The number of benzene rings is 2. The first-order chi connectivity index (χ1) is 10.3. The first kappa shape index (κ1) is 14.4. The van der Waals surface area contributed by atoms with Gasteiger partial charge < -0.3 is 10.1 Å². The van der Waals surface area contributed by atoms with Crippen molar-refractivity contribution in [1.82, 2.24) is 5.32 Å². The van der Waals surface area contributed by atoms with Gasteiger partial charge in [-0.15, -0.1) is 0 Å². The summed E-state index contributed by atoms with van der Waals surface area (Å²) in [7, 11) is 1.76. The van der Waals surface area contributed by atoms with Crippen LogP contribution in [-0.2, 0) is 6.54 Å². The van der Waals surface area contributed by atoms with Crippen molar-refractivity contribution in [2.24, 2.45) is 5.92 Å². The quantitative estimate of drug-likeness (QED) is 0.891. The number of hydrogen-bond acceptors (Lipinski definition) is 2. The van der Waals surface area contributed by atoms with Gasteiger partial charge in [-0.25, -0.2) is 0 Å². The van der Waals surface area contributed by atoms with Crippen LogP contribution in [0.2, 0.25) is 0 Å². The molecule has 112 valence electrons. The summed E-state index contributed by atoms with van der Waals surface area (Å²) in [6.45, 7) is 3.26. The van der Waals surface area contributed by atoms with Gasteiger partial charge in [0.1, 0.15) is 5.75 Å². The molecule has 2 heteroatoms. The zero-order chi connectivity index (χ0) is 14.7. The summed E-state index contributed by atoms with van der Waals surface area (Å²) >= 11 is 0. The van der Waals surface area contributed by atoms with Crippen LogP contribution in [-0.4, -0.2) is 13.2 Å². The van der Waals surface area contributed by atoms with E-state index in [1.165, 1.54) is 42.0 Å². The lowest BCUT2D eigenvalue weighted by Crippen LogP contribution is -2.32. The van der Waals surface area contributed by atoms with E-state index in [1.54, 1.807) is 7.11 Å². The normalized spacial score (nSPS) is 22.4. The van der Waals surface area contributed by atoms with Crippen LogP contribution in [0, 0.1) is 5.92 Å². The maximum atomic E-state index is 5.57. The minimum Gasteiger partial charge on any atom is -0.496 e. The molecule has 1 aliphatic carbocycles. The van der Waals surface area contributed by atoms with Gasteiger partial charge in [-0.05, 0) is 48.4 Å². The van der Waals surface area contributed by atoms with Crippen LogP contribution < -0.4 is 10.1 Å². The molecule has 0 spiro atoms. The van der Waals surface area contributed by atoms with Gasteiger partial charge in [-0.2, -0.15) is 0 Å². The van der Waals surface area contributed by atoms with E-state index in [4.69, 9.17) is 4.74 Å². The fourth-order valence-corrected chi connectivity index (χ4v) is 3.40. The van der Waals surface area contributed by atoms with Gasteiger partial charge in [0.05, 0.1) is 7.11 Å². The second-order valence-electron chi connectivity index (χ2n) is 6.31. The van der Waals surface area contributed by atoms with Crippen molar-refractivity contribution in [2.75, 3.05) is 7.11 Å². The topological polar surface area (TPSA) is 21.3 Å². The molecule has 3 rings (SSSR count). The fourth-order valence-electron chi connectivity index (χ4n) is 3.40. The van der Waals surface area contributed by atoms with Crippen molar-refractivity contribution in [2.45, 2.75) is 45.2 Å². The Morgan fingerprint density at radius 2 is 1.81 bits per heavy atom. The Balaban J connectivity index is 1.79. The van der Waals surface area contributed by atoms with Gasteiger partial charge >= 0.3 is 0 Å². The van der Waals surface area contributed by atoms with Gasteiger partial charge in [-0.3, -0.25) is 0 Å². The van der Waals surface area contributed by atoms with Crippen molar-refractivity contribution >= 4 is 10.8 Å². The number of nitrogens with one attached hydrogen (secondary N) is 1. The average Bonchev–Trinajstić information content (AvgIpc) is 2.54. The molecule has 21 heavy (non-hydrogen) atoms. The molecular weight excluding hydrogens is 258 g/mol. The van der Waals surface area contributed by atoms with E-state index >= 15 is 0 Å². The Kier molecular flexibility index (Phi) is 4.45. The smallest absolute Gasteiger partial charge is 0.123 e. The molecule has 1 saturated carbocycles. The third kappa shape index (κ3) is 3.21. The van der Waals surface area contributed by atoms with Crippen molar-refractivity contribution in [3.05, 3.63) is 42.0 Å². The Morgan fingerprint density at radius 3 is 2.57 bits per heavy atom. The summed E-state index contributed by atoms with van der Waals surface area (Å²) in [5.41, 5.74) is 1.29. The van der Waals surface area contributed by atoms with Crippen molar-refractivity contribution in [3.8, 4) is 5.75 Å². The lowest BCUT2D eigenvalue weighted by Gasteiger charge is -2.27. The highest BCUT2D eigenvalue weighted by atomic mass is 16.5. The maximum Gasteiger partial charge on any atom is 0.123 e. The number of methoxy groups -OCH3 is 1. The molecule has 1 fully saturated rings. The van der Waals surface area contributed by atoms with E-state index in [0.29, 0.717) is 6.04 Å². The first-order valence-electron chi connectivity index (χ1n) is 8.06. The standard InChI is InChI=1S/C19H25NO/c1-14-7-10-16(11-8-14)20-13-18-17-6-4-3-5-15(17)9-12-19(18)21-2/h3-6,9,12,14,16,20H,7-8,10-11,13H2,1-2H3. The highest BCUT2D eigenvalue weighted by Gasteiger charge is 2.18. The lowest BCUT2D eigenvalue weighted by molar-refractivity contribution is 0.305. The maximum absolute atomic E-state index is 5.57. The number of ether oxygens (including phenoxy) is 1. The minimum absolute atomic E-state index is 0.657. The number of rotatable bonds is 4. The molecule has 0 bridgehead atoms. The Morgan fingerprint density at radius 1 is 1.05 bits per heavy atom. The Labute approximate surface area is 127 Å². The van der Waals surface area contributed by atoms with Crippen LogP contribution >= 0.6 is 0 Å². The van der Waals surface area contributed by atoms with Crippen molar-refractivity contribution in [1.29, 1.82) is 0 Å². The molecule has 0 radical (unpaired) electrons. The Hall–Kier alpha value is -1.54. The number of hydrogen-bond donors (Lipinski definition) is 1. The van der Waals surface area contributed by atoms with Crippen LogP contribution in [0.25, 0.3) is 10.8 Å². The zero-order valence-corrected chi connectivity index (χ0v) is 13.1. The van der Waals surface area contributed by atoms with Gasteiger partial charge in [-0.1, -0.05) is 37.3 Å². The van der Waals surface area contributed by atoms with Crippen LogP contribution in [0.5, 0.6) is 5.75 Å². The molecule has 2 aromatic rings. The second kappa shape index (κ2) is 6.48. The largest absolute Gasteiger partial charge is 0.496 e. The van der Waals surface area contributed by atoms with Gasteiger partial charge in [0, 0.05) is 18.2 Å². The second-order valence-corrected chi connectivity index (χ2v) is 6.31. The number of fused-ring (bicyclic) bond motifs is 1. The first-order valence-corrected chi connectivity index (χ1v) is 8.06. The monoisotopic (exact) mass is 283 g/mol. The minimum atomic E-state index is 0.657. The van der Waals surface area contributed by atoms with E-state index in [0.717, 1.165) is 18.2 Å². The molecule has 2 aromatic carbocycles. The van der Waals surface area contributed by atoms with Crippen LogP contribution in [0.4, 0.5) is 0 Å². The molecule has 0 heterocycles. The van der Waals surface area contributed by atoms with Crippen molar-refractivity contribution in [3.63, 3.8) is 0 Å². The predicted molar refractivity (Wildman–Crippen MR) is 88.8 cm³/mol. The van der Waals surface area contributed by atoms with Crippen LogP contribution in [0.3, 0.4) is 0 Å². The van der Waals surface area contributed by atoms with E-state index in [-0.39, 0.29) is 0 Å². The highest BCUT2D eigenvalue weighted by Crippen LogP contribution is 2.29. The lowest BCUT2D eigenvalue weighted by atomic mass is 9.87. The SMILES string of the molecule is COc1ccc2ccccc2c1CNC1CCC(C)CC1. The van der Waals surface area contributed by atoms with Gasteiger partial charge in [0.2, 0.25) is 0 Å². The molecule has 0 saturated heterocycles. The highest BCUT2D eigenvalue weighted by molar-refractivity contribution is 5.87. The third-order valence-electron chi connectivity index (χ3n) is 4.80. The molecular formula is C19H25NO. The van der Waals surface area contributed by atoms with Crippen molar-refractivity contribution < 1.29 is 4.74 Å². The van der Waals surface area contributed by atoms with E-state index in [1.807, 2.05) is 0 Å². The van der Waals surface area contributed by atoms with Gasteiger partial charge in [0.25, 0.3) is 0 Å². The molecule has 0 atom stereocenters. The summed E-state index contributed by atoms with van der Waals surface area (Å²) in [4.78, 5) is 0. The van der Waals surface area contributed by atoms with E-state index in [2.05, 4.69) is 48.6 Å². The summed E-state index contributed by atoms with van der Waals surface area (Å²) in [5.74, 6) is 1.89. The molecule has 2 nitrogen and oxygen atoms in total. The van der Waals surface area contributed by atoms with Crippen LogP contribution in [0.15, 0.2) is 36.4 Å². The summed E-state index contributed by atoms with van der Waals surface area (Å²) < 4.78 is 5.57. The van der Waals surface area contributed by atoms with Gasteiger partial charge in [0.15, 0.2) is 0 Å². The predicted octanol–water partition coefficient (Wildman–Crippen LogP) is 4.52. The third-order valence-corrected chi connectivity index (χ3v) is 4.80. The summed E-state index contributed by atoms with van der Waals surface area (Å²) in [6.07, 6.45) is 5.30. The molecule has 0 unspecified atom stereocenters.